The van der Waals surface area contributed by atoms with E-state index >= 15 is 0 Å². The Bertz CT molecular complexity index is 221. The molecule has 0 saturated heterocycles. The van der Waals surface area contributed by atoms with Gasteiger partial charge >= 0.3 is 0 Å². The molecule has 13 heavy (non-hydrogen) atoms. The molecule has 2 atom stereocenters. The zero-order chi connectivity index (χ0) is 10.5. The molecule has 1 N–H and O–H groups in total. The van der Waals surface area contributed by atoms with E-state index < -0.39 is 9.84 Å². The highest BCUT2D eigenvalue weighted by molar-refractivity contribution is 7.90. The lowest BCUT2D eigenvalue weighted by molar-refractivity contribution is 0.108. The first-order valence-corrected chi connectivity index (χ1v) is 6.78. The lowest BCUT2D eigenvalue weighted by Crippen LogP contribution is -2.17. The van der Waals surface area contributed by atoms with Crippen LogP contribution < -0.4 is 0 Å². The van der Waals surface area contributed by atoms with Crippen molar-refractivity contribution < 1.29 is 13.5 Å². The second-order valence-corrected chi connectivity index (χ2v) is 5.98. The van der Waals surface area contributed by atoms with Gasteiger partial charge in [-0.05, 0) is 25.2 Å². The first kappa shape index (κ1) is 12.9. The molecule has 3 nitrogen and oxygen atoms in total. The number of aliphatic hydroxyl groups is 1. The third kappa shape index (κ3) is 7.02. The first-order valence-electron chi connectivity index (χ1n) is 4.72. The summed E-state index contributed by atoms with van der Waals surface area (Å²) in [6.07, 6.45) is 3.12. The summed E-state index contributed by atoms with van der Waals surface area (Å²) in [7, 11) is -2.83. The Balaban J connectivity index is 3.65. The smallest absolute Gasteiger partial charge is 0.147 e. The van der Waals surface area contributed by atoms with E-state index in [0.29, 0.717) is 6.42 Å². The van der Waals surface area contributed by atoms with Crippen LogP contribution in [0.15, 0.2) is 0 Å². The quantitative estimate of drug-likeness (QED) is 0.714. The molecule has 0 spiro atoms. The molecule has 0 bridgehead atoms. The number of aliphatic hydroxyl groups excluding tert-OH is 1. The summed E-state index contributed by atoms with van der Waals surface area (Å²) in [4.78, 5) is 0. The SMILES string of the molecule is CCC(O)C(C)CCCS(C)(=O)=O. The molecule has 0 fully saturated rings. The largest absolute Gasteiger partial charge is 0.393 e. The van der Waals surface area contributed by atoms with Crippen molar-refractivity contribution in [1.29, 1.82) is 0 Å². The van der Waals surface area contributed by atoms with Gasteiger partial charge in [0.25, 0.3) is 0 Å². The van der Waals surface area contributed by atoms with Gasteiger partial charge in [-0.1, -0.05) is 13.8 Å². The van der Waals surface area contributed by atoms with Gasteiger partial charge in [-0.3, -0.25) is 0 Å². The predicted molar refractivity (Wildman–Crippen MR) is 54.4 cm³/mol. The molecule has 0 saturated carbocycles. The normalized spacial score (nSPS) is 16.9. The van der Waals surface area contributed by atoms with Crippen molar-refractivity contribution in [3.05, 3.63) is 0 Å². The average Bonchev–Trinajstić information content (AvgIpc) is 2.00. The Kier molecular flexibility index (Phi) is 5.56. The second-order valence-electron chi connectivity index (χ2n) is 3.72. The highest BCUT2D eigenvalue weighted by atomic mass is 32.2. The minimum Gasteiger partial charge on any atom is -0.393 e. The fraction of sp³-hybridized carbons (Fsp3) is 1.00. The van der Waals surface area contributed by atoms with Crippen molar-refractivity contribution >= 4 is 9.84 Å². The molecule has 0 aromatic rings. The highest BCUT2D eigenvalue weighted by Gasteiger charge is 2.12. The minimum absolute atomic E-state index is 0.201. The summed E-state index contributed by atoms with van der Waals surface area (Å²) in [6, 6.07) is 0. The summed E-state index contributed by atoms with van der Waals surface area (Å²) in [5, 5.41) is 9.41. The fourth-order valence-electron chi connectivity index (χ4n) is 1.26. The molecule has 2 unspecified atom stereocenters. The molecule has 80 valence electrons. The van der Waals surface area contributed by atoms with E-state index in [1.54, 1.807) is 0 Å². The third-order valence-corrected chi connectivity index (χ3v) is 3.28. The van der Waals surface area contributed by atoms with E-state index in [0.717, 1.165) is 12.8 Å². The van der Waals surface area contributed by atoms with Crippen molar-refractivity contribution in [1.82, 2.24) is 0 Å². The van der Waals surface area contributed by atoms with E-state index in [4.69, 9.17) is 0 Å². The van der Waals surface area contributed by atoms with E-state index in [9.17, 15) is 13.5 Å². The summed E-state index contributed by atoms with van der Waals surface area (Å²) in [6.45, 7) is 3.88. The van der Waals surface area contributed by atoms with Crippen LogP contribution in [0.25, 0.3) is 0 Å². The molecular weight excluding hydrogens is 188 g/mol. The van der Waals surface area contributed by atoms with Gasteiger partial charge in [0, 0.05) is 12.0 Å². The van der Waals surface area contributed by atoms with Gasteiger partial charge in [0.15, 0.2) is 0 Å². The van der Waals surface area contributed by atoms with Crippen LogP contribution in [0.5, 0.6) is 0 Å². The Morgan fingerprint density at radius 2 is 1.92 bits per heavy atom. The van der Waals surface area contributed by atoms with Crippen LogP contribution in [0, 0.1) is 5.92 Å². The Morgan fingerprint density at radius 1 is 1.38 bits per heavy atom. The van der Waals surface area contributed by atoms with Gasteiger partial charge in [-0.15, -0.1) is 0 Å². The molecule has 0 aliphatic rings. The van der Waals surface area contributed by atoms with Crippen LogP contribution in [0.3, 0.4) is 0 Å². The average molecular weight is 208 g/mol. The van der Waals surface area contributed by atoms with Crippen LogP contribution in [0.2, 0.25) is 0 Å². The van der Waals surface area contributed by atoms with Gasteiger partial charge in [0.05, 0.1) is 6.10 Å². The second kappa shape index (κ2) is 5.60. The fourth-order valence-corrected chi connectivity index (χ4v) is 1.95. The van der Waals surface area contributed by atoms with Crippen molar-refractivity contribution in [3.8, 4) is 0 Å². The lowest BCUT2D eigenvalue weighted by Gasteiger charge is -2.16. The summed E-state index contributed by atoms with van der Waals surface area (Å²) >= 11 is 0. The first-order chi connectivity index (χ1) is 5.87. The molecule has 0 aliphatic carbocycles. The molecule has 4 heteroatoms. The van der Waals surface area contributed by atoms with Crippen LogP contribution in [-0.4, -0.2) is 31.6 Å². The maximum absolute atomic E-state index is 10.8. The molecular formula is C9H20O3S. The van der Waals surface area contributed by atoms with E-state index in [2.05, 4.69) is 0 Å². The van der Waals surface area contributed by atoms with Crippen molar-refractivity contribution in [2.24, 2.45) is 5.92 Å². The molecule has 0 aromatic carbocycles. The van der Waals surface area contributed by atoms with Crippen LogP contribution in [-0.2, 0) is 9.84 Å². The Labute approximate surface area is 81.1 Å². The number of rotatable bonds is 6. The van der Waals surface area contributed by atoms with Gasteiger partial charge in [0.1, 0.15) is 9.84 Å². The zero-order valence-corrected chi connectivity index (χ0v) is 9.47. The third-order valence-electron chi connectivity index (χ3n) is 2.25. The van der Waals surface area contributed by atoms with Crippen LogP contribution in [0.4, 0.5) is 0 Å². The topological polar surface area (TPSA) is 54.4 Å². The van der Waals surface area contributed by atoms with Crippen LogP contribution in [0.1, 0.15) is 33.1 Å². The highest BCUT2D eigenvalue weighted by Crippen LogP contribution is 2.13. The summed E-state index contributed by atoms with van der Waals surface area (Å²) in [5.74, 6) is 0.431. The van der Waals surface area contributed by atoms with Crippen molar-refractivity contribution in [2.45, 2.75) is 39.2 Å². The Morgan fingerprint density at radius 3 is 2.31 bits per heavy atom. The standard InChI is InChI=1S/C9H20O3S/c1-4-9(10)8(2)6-5-7-13(3,11)12/h8-10H,4-7H2,1-3H3. The summed E-state index contributed by atoms with van der Waals surface area (Å²) in [5.41, 5.74) is 0. The van der Waals surface area contributed by atoms with Gasteiger partial charge in [-0.25, -0.2) is 8.42 Å². The molecule has 0 aliphatic heterocycles. The molecule has 0 amide bonds. The Hall–Kier alpha value is -0.0900. The van der Waals surface area contributed by atoms with Crippen molar-refractivity contribution in [2.75, 3.05) is 12.0 Å². The van der Waals surface area contributed by atoms with E-state index in [-0.39, 0.29) is 17.8 Å². The van der Waals surface area contributed by atoms with Gasteiger partial charge < -0.3 is 5.11 Å². The lowest BCUT2D eigenvalue weighted by atomic mass is 9.98. The molecule has 0 radical (unpaired) electrons. The van der Waals surface area contributed by atoms with Crippen molar-refractivity contribution in [3.63, 3.8) is 0 Å². The van der Waals surface area contributed by atoms with Crippen LogP contribution >= 0.6 is 0 Å². The zero-order valence-electron chi connectivity index (χ0n) is 8.66. The van der Waals surface area contributed by atoms with Gasteiger partial charge in [0.2, 0.25) is 0 Å². The summed E-state index contributed by atoms with van der Waals surface area (Å²) < 4.78 is 21.6. The molecule has 0 heterocycles. The van der Waals surface area contributed by atoms with E-state index in [1.165, 1.54) is 6.26 Å². The maximum atomic E-state index is 10.8. The van der Waals surface area contributed by atoms with E-state index in [1.807, 2.05) is 13.8 Å². The monoisotopic (exact) mass is 208 g/mol. The molecule has 0 rings (SSSR count). The molecule has 0 aromatic heterocycles. The number of hydrogen-bond acceptors (Lipinski definition) is 3. The maximum Gasteiger partial charge on any atom is 0.147 e. The predicted octanol–water partition coefficient (Wildman–Crippen LogP) is 1.22. The van der Waals surface area contributed by atoms with Gasteiger partial charge in [-0.2, -0.15) is 0 Å². The number of sulfone groups is 1. The number of hydrogen-bond donors (Lipinski definition) is 1. The minimum atomic E-state index is -2.83.